The molecule has 4 aromatic rings. The Hall–Kier alpha value is -4.91. The van der Waals surface area contributed by atoms with Gasteiger partial charge in [-0.15, -0.1) is 0 Å². The number of carbonyl (C=O) groups excluding carboxylic acids is 2. The first-order chi connectivity index (χ1) is 17.9. The van der Waals surface area contributed by atoms with Crippen LogP contribution in [-0.4, -0.2) is 39.3 Å². The van der Waals surface area contributed by atoms with Gasteiger partial charge in [-0.25, -0.2) is 10.8 Å². The fraction of sp³-hybridized carbons (Fsp3) is 0.107. The van der Waals surface area contributed by atoms with E-state index in [-0.39, 0.29) is 18.7 Å². The zero-order valence-electron chi connectivity index (χ0n) is 19.6. The lowest BCUT2D eigenvalue weighted by Crippen LogP contribution is -2.30. The lowest BCUT2D eigenvalue weighted by Gasteiger charge is -2.08. The number of nitrogen functional groups attached to an aromatic ring is 1. The summed E-state index contributed by atoms with van der Waals surface area (Å²) in [6, 6.07) is 17.5. The number of hydrogen-bond donors (Lipinski definition) is 4. The monoisotopic (exact) mass is 493 g/mol. The molecule has 0 aliphatic carbocycles. The molecule has 2 aromatic carbocycles. The Morgan fingerprint density at radius 3 is 2.22 bits per heavy atom. The van der Waals surface area contributed by atoms with E-state index < -0.39 is 17.8 Å². The van der Waals surface area contributed by atoms with Gasteiger partial charge >= 0.3 is 5.97 Å². The minimum absolute atomic E-state index is 0.0952. The second kappa shape index (κ2) is 11.2. The highest BCUT2D eigenvalue weighted by Gasteiger charge is 2.20. The average Bonchev–Trinajstić information content (AvgIpc) is 2.94. The highest BCUT2D eigenvalue weighted by Crippen LogP contribution is 2.24. The van der Waals surface area contributed by atoms with Crippen LogP contribution in [0.1, 0.15) is 38.3 Å². The molecule has 37 heavy (non-hydrogen) atoms. The van der Waals surface area contributed by atoms with E-state index in [2.05, 4.69) is 27.2 Å². The smallest absolute Gasteiger partial charge is 0.308 e. The highest BCUT2D eigenvalue weighted by atomic mass is 16.4. The number of aliphatic carboxylic acids is 1. The summed E-state index contributed by atoms with van der Waals surface area (Å²) in [5, 5.41) is 9.69. The van der Waals surface area contributed by atoms with Crippen molar-refractivity contribution in [3.8, 4) is 23.1 Å². The molecule has 0 saturated heterocycles. The topological polar surface area (TPSA) is 161 Å². The Kier molecular flexibility index (Phi) is 7.64. The van der Waals surface area contributed by atoms with Crippen molar-refractivity contribution in [3.05, 3.63) is 95.3 Å². The molecule has 0 radical (unpaired) electrons. The third-order valence-electron chi connectivity index (χ3n) is 5.79. The summed E-state index contributed by atoms with van der Waals surface area (Å²) in [4.78, 5) is 44.4. The van der Waals surface area contributed by atoms with E-state index in [9.17, 15) is 14.4 Å². The molecular formula is C28H23N5O4. The van der Waals surface area contributed by atoms with E-state index in [1.54, 1.807) is 48.8 Å². The molecule has 4 rings (SSSR count). The number of nitrogens with one attached hydrogen (secondary N) is 1. The predicted molar refractivity (Wildman–Crippen MR) is 138 cm³/mol. The van der Waals surface area contributed by atoms with Crippen molar-refractivity contribution in [2.24, 2.45) is 17.5 Å². The van der Waals surface area contributed by atoms with E-state index >= 15 is 0 Å². The zero-order chi connectivity index (χ0) is 26.4. The number of pyridine rings is 2. The average molecular weight is 494 g/mol. The lowest BCUT2D eigenvalue weighted by molar-refractivity contribution is -0.141. The molecule has 0 aliphatic heterocycles. The van der Waals surface area contributed by atoms with Gasteiger partial charge in [0.15, 0.2) is 5.78 Å². The lowest BCUT2D eigenvalue weighted by atomic mass is 9.98. The minimum atomic E-state index is -1.08. The van der Waals surface area contributed by atoms with Crippen molar-refractivity contribution < 1.29 is 19.5 Å². The first-order valence-corrected chi connectivity index (χ1v) is 11.3. The Morgan fingerprint density at radius 1 is 0.973 bits per heavy atom. The van der Waals surface area contributed by atoms with E-state index in [0.29, 0.717) is 33.3 Å². The summed E-state index contributed by atoms with van der Waals surface area (Å²) in [5.74, 6) is 8.77. The second-order valence-corrected chi connectivity index (χ2v) is 8.22. The van der Waals surface area contributed by atoms with Crippen LogP contribution in [0.4, 0.5) is 0 Å². The number of carboxylic acid groups (broad SMARTS) is 1. The molecule has 9 nitrogen and oxygen atoms in total. The number of nitrogens with two attached hydrogens (primary N) is 2. The number of hydrogen-bond acceptors (Lipinski definition) is 7. The third kappa shape index (κ3) is 5.85. The number of carboxylic acids is 1. The van der Waals surface area contributed by atoms with Crippen LogP contribution in [-0.2, 0) is 4.79 Å². The fourth-order valence-electron chi connectivity index (χ4n) is 3.70. The molecule has 0 bridgehead atoms. The van der Waals surface area contributed by atoms with Crippen LogP contribution >= 0.6 is 0 Å². The van der Waals surface area contributed by atoms with Gasteiger partial charge in [0.2, 0.25) is 0 Å². The van der Waals surface area contributed by atoms with Gasteiger partial charge in [-0.1, -0.05) is 36.1 Å². The summed E-state index contributed by atoms with van der Waals surface area (Å²) < 4.78 is 0. The molecule has 1 atom stereocenters. The van der Waals surface area contributed by atoms with Crippen molar-refractivity contribution in [1.82, 2.24) is 15.4 Å². The molecule has 1 unspecified atom stereocenters. The summed E-state index contributed by atoms with van der Waals surface area (Å²) in [6.45, 7) is -0.0952. The fourth-order valence-corrected chi connectivity index (χ4v) is 3.70. The van der Waals surface area contributed by atoms with E-state index in [1.165, 1.54) is 0 Å². The number of ketones is 1. The molecular weight excluding hydrogens is 470 g/mol. The zero-order valence-corrected chi connectivity index (χ0v) is 19.6. The number of amides is 1. The van der Waals surface area contributed by atoms with Gasteiger partial charge in [-0.2, -0.15) is 0 Å². The maximum absolute atomic E-state index is 12.3. The van der Waals surface area contributed by atoms with Gasteiger partial charge in [0.1, 0.15) is 0 Å². The second-order valence-electron chi connectivity index (χ2n) is 8.22. The highest BCUT2D eigenvalue weighted by molar-refractivity contribution is 6.06. The molecule has 0 saturated carbocycles. The van der Waals surface area contributed by atoms with E-state index in [0.717, 1.165) is 11.1 Å². The standard InChI is InChI=1S/C28H23N5O4/c29-15-21(28(36)37)13-26(34)20-9-5-18(6-10-20)2-1-17-3-7-19(8-4-17)25-14-22(27(35)33-30)23-16-31-12-11-24(23)32-25/h3-12,14,16,21H,13,15,29-30H2,(H,33,35)(H,36,37). The molecule has 0 spiro atoms. The van der Waals surface area contributed by atoms with Gasteiger partial charge in [0.25, 0.3) is 5.91 Å². The van der Waals surface area contributed by atoms with Crippen LogP contribution < -0.4 is 17.0 Å². The Balaban J connectivity index is 1.51. The van der Waals surface area contributed by atoms with Crippen molar-refractivity contribution in [2.45, 2.75) is 6.42 Å². The van der Waals surface area contributed by atoms with E-state index in [1.807, 2.05) is 24.3 Å². The molecule has 2 aromatic heterocycles. The number of rotatable bonds is 7. The predicted octanol–water partition coefficient (Wildman–Crippen LogP) is 2.53. The van der Waals surface area contributed by atoms with Crippen molar-refractivity contribution in [2.75, 3.05) is 6.54 Å². The largest absolute Gasteiger partial charge is 0.481 e. The van der Waals surface area contributed by atoms with Crippen molar-refractivity contribution >= 4 is 28.6 Å². The maximum atomic E-state index is 12.3. The number of aromatic nitrogens is 2. The SMILES string of the molecule is NCC(CC(=O)c1ccc(C#Cc2ccc(-c3cc(C(=O)NN)c4cnccc4n3)cc2)cc1)C(=O)O. The van der Waals surface area contributed by atoms with Gasteiger partial charge in [-0.3, -0.25) is 24.8 Å². The summed E-state index contributed by atoms with van der Waals surface area (Å²) in [5.41, 5.74) is 11.9. The third-order valence-corrected chi connectivity index (χ3v) is 5.79. The summed E-state index contributed by atoms with van der Waals surface area (Å²) >= 11 is 0. The number of carbonyl (C=O) groups is 3. The number of hydrazine groups is 1. The van der Waals surface area contributed by atoms with Crippen molar-refractivity contribution in [1.29, 1.82) is 0 Å². The number of Topliss-reactive ketones (excluding diaryl/α,β-unsaturated/α-hetero) is 1. The van der Waals surface area contributed by atoms with Gasteiger partial charge in [0, 0.05) is 53.0 Å². The Bertz CT molecular complexity index is 1540. The molecule has 2 heterocycles. The Morgan fingerprint density at radius 2 is 1.62 bits per heavy atom. The first-order valence-electron chi connectivity index (χ1n) is 11.3. The van der Waals surface area contributed by atoms with Crippen LogP contribution in [0, 0.1) is 17.8 Å². The van der Waals surface area contributed by atoms with Crippen LogP contribution in [0.15, 0.2) is 73.1 Å². The molecule has 9 heteroatoms. The van der Waals surface area contributed by atoms with Gasteiger partial charge < -0.3 is 10.8 Å². The number of nitrogens with zero attached hydrogens (tertiary/aromatic N) is 2. The minimum Gasteiger partial charge on any atom is -0.481 e. The summed E-state index contributed by atoms with van der Waals surface area (Å²) in [7, 11) is 0. The molecule has 6 N–H and O–H groups in total. The number of fused-ring (bicyclic) bond motifs is 1. The van der Waals surface area contributed by atoms with E-state index in [4.69, 9.17) is 16.7 Å². The van der Waals surface area contributed by atoms with Crippen LogP contribution in [0.25, 0.3) is 22.2 Å². The quantitative estimate of drug-likeness (QED) is 0.100. The molecule has 0 fully saturated rings. The molecule has 184 valence electrons. The first kappa shape index (κ1) is 25.2. The Labute approximate surface area is 212 Å². The van der Waals surface area contributed by atoms with Gasteiger partial charge in [-0.05, 0) is 36.4 Å². The summed E-state index contributed by atoms with van der Waals surface area (Å²) in [6.07, 6.45) is 3.03. The van der Waals surface area contributed by atoms with Crippen LogP contribution in [0.3, 0.4) is 0 Å². The normalized spacial score (nSPS) is 11.3. The van der Waals surface area contributed by atoms with Crippen molar-refractivity contribution in [3.63, 3.8) is 0 Å². The van der Waals surface area contributed by atoms with Gasteiger partial charge in [0.05, 0.1) is 22.7 Å². The van der Waals surface area contributed by atoms with Crippen LogP contribution in [0.2, 0.25) is 0 Å². The molecule has 0 aliphatic rings. The number of benzene rings is 2. The molecule has 1 amide bonds. The van der Waals surface area contributed by atoms with Crippen LogP contribution in [0.5, 0.6) is 0 Å². The maximum Gasteiger partial charge on any atom is 0.308 e.